The number of carbonyl (C=O) groups is 2. The van der Waals surface area contributed by atoms with Crippen LogP contribution in [0.4, 0.5) is 0 Å². The molecule has 0 fully saturated rings. The molecule has 0 aliphatic rings. The first-order chi connectivity index (χ1) is 11.8. The van der Waals surface area contributed by atoms with Crippen molar-refractivity contribution in [2.75, 3.05) is 0 Å². The second-order valence-electron chi connectivity index (χ2n) is 6.00. The summed E-state index contributed by atoms with van der Waals surface area (Å²) in [5.41, 5.74) is 0.479. The zero-order chi connectivity index (χ0) is 18.3. The summed E-state index contributed by atoms with van der Waals surface area (Å²) in [7, 11) is 0. The average molecular weight is 354 g/mol. The Bertz CT molecular complexity index is 1070. The van der Waals surface area contributed by atoms with Crippen molar-refractivity contribution in [2.24, 2.45) is 0 Å². The van der Waals surface area contributed by atoms with Crippen LogP contribution in [-0.4, -0.2) is 11.9 Å². The minimum atomic E-state index is -1.29. The monoisotopic (exact) mass is 354 g/mol. The normalized spacial score (nSPS) is 13.7. The van der Waals surface area contributed by atoms with Crippen LogP contribution in [0.15, 0.2) is 41.2 Å². The Morgan fingerprint density at radius 2 is 1.60 bits per heavy atom. The average Bonchev–Trinajstić information content (AvgIpc) is 2.60. The predicted octanol–water partition coefficient (Wildman–Crippen LogP) is 1.12. The third-order valence-electron chi connectivity index (χ3n) is 4.40. The Kier molecular flexibility index (Phi) is 4.30. The van der Waals surface area contributed by atoms with Gasteiger partial charge in [-0.25, -0.2) is 0 Å². The van der Waals surface area contributed by atoms with Gasteiger partial charge in [-0.3, -0.25) is 4.79 Å². The van der Waals surface area contributed by atoms with Gasteiger partial charge in [0.1, 0.15) is 0 Å². The minimum Gasteiger partial charge on any atom is -0.550 e. The molecular formula is C19H14O5S-2. The van der Waals surface area contributed by atoms with Crippen LogP contribution in [0.1, 0.15) is 36.8 Å². The van der Waals surface area contributed by atoms with Gasteiger partial charge in [0.15, 0.2) is 5.43 Å². The largest absolute Gasteiger partial charge is 0.550 e. The summed E-state index contributed by atoms with van der Waals surface area (Å²) in [6.45, 7) is 2.91. The van der Waals surface area contributed by atoms with Crippen molar-refractivity contribution in [1.29, 1.82) is 0 Å². The molecule has 128 valence electrons. The molecule has 1 heterocycles. The summed E-state index contributed by atoms with van der Waals surface area (Å²) in [6, 6.07) is 10.1. The van der Waals surface area contributed by atoms with Crippen LogP contribution < -0.4 is 15.6 Å². The van der Waals surface area contributed by atoms with Crippen molar-refractivity contribution in [1.82, 2.24) is 0 Å². The Morgan fingerprint density at radius 3 is 2.24 bits per heavy atom. The number of rotatable bonds is 4. The van der Waals surface area contributed by atoms with E-state index in [0.29, 0.717) is 26.6 Å². The number of fused-ring (bicyclic) bond motifs is 2. The van der Waals surface area contributed by atoms with Crippen molar-refractivity contribution in [3.63, 3.8) is 0 Å². The molecule has 2 aromatic carbocycles. The highest BCUT2D eigenvalue weighted by Crippen LogP contribution is 2.34. The third kappa shape index (κ3) is 2.89. The van der Waals surface area contributed by atoms with E-state index >= 15 is 0 Å². The number of carbonyl (C=O) groups excluding carboxylic acids is 2. The molecule has 0 saturated carbocycles. The molecule has 0 aliphatic carbocycles. The van der Waals surface area contributed by atoms with Gasteiger partial charge in [-0.15, -0.1) is 11.3 Å². The van der Waals surface area contributed by atoms with Gasteiger partial charge in [-0.05, 0) is 29.3 Å². The van der Waals surface area contributed by atoms with E-state index in [2.05, 4.69) is 0 Å². The molecule has 6 heteroatoms. The highest BCUT2D eigenvalue weighted by atomic mass is 32.1. The summed E-state index contributed by atoms with van der Waals surface area (Å²) < 4.78 is 1.28. The van der Waals surface area contributed by atoms with Crippen molar-refractivity contribution in [3.05, 3.63) is 57.7 Å². The fourth-order valence-electron chi connectivity index (χ4n) is 2.79. The van der Waals surface area contributed by atoms with Gasteiger partial charge in [0.25, 0.3) is 0 Å². The SMILES string of the molecule is CC(C(=O)[O-])c1cc(C(C)C(=O)[O-])c2sc3ccccc3c(=O)c2c1. The van der Waals surface area contributed by atoms with Gasteiger partial charge in [0.05, 0.1) is 0 Å². The molecule has 2 atom stereocenters. The van der Waals surface area contributed by atoms with Crippen LogP contribution in [0.3, 0.4) is 0 Å². The predicted molar refractivity (Wildman–Crippen MR) is 92.4 cm³/mol. The maximum atomic E-state index is 12.9. The van der Waals surface area contributed by atoms with E-state index in [9.17, 15) is 24.6 Å². The summed E-state index contributed by atoms with van der Waals surface area (Å²) in [5.74, 6) is -4.52. The number of aliphatic carboxylic acids is 2. The van der Waals surface area contributed by atoms with Crippen LogP contribution in [0.25, 0.3) is 20.2 Å². The molecule has 0 spiro atoms. The molecule has 0 radical (unpaired) electrons. The van der Waals surface area contributed by atoms with Crippen molar-refractivity contribution < 1.29 is 19.8 Å². The van der Waals surface area contributed by atoms with Crippen LogP contribution in [0.5, 0.6) is 0 Å². The molecular weight excluding hydrogens is 340 g/mol. The lowest BCUT2D eigenvalue weighted by molar-refractivity contribution is -0.308. The topological polar surface area (TPSA) is 97.3 Å². The molecule has 0 saturated heterocycles. The van der Waals surface area contributed by atoms with Crippen molar-refractivity contribution in [3.8, 4) is 0 Å². The molecule has 1 aromatic heterocycles. The number of carboxylic acids is 2. The first-order valence-corrected chi connectivity index (χ1v) is 8.54. The lowest BCUT2D eigenvalue weighted by Gasteiger charge is -2.20. The number of hydrogen-bond acceptors (Lipinski definition) is 6. The maximum Gasteiger partial charge on any atom is 0.195 e. The van der Waals surface area contributed by atoms with Crippen LogP contribution >= 0.6 is 11.3 Å². The Hall–Kier alpha value is -2.73. The van der Waals surface area contributed by atoms with Crippen molar-refractivity contribution >= 4 is 43.4 Å². The van der Waals surface area contributed by atoms with E-state index in [-0.39, 0.29) is 5.43 Å². The van der Waals surface area contributed by atoms with Gasteiger partial charge in [0, 0.05) is 43.9 Å². The molecule has 0 amide bonds. The minimum absolute atomic E-state index is 0.247. The van der Waals surface area contributed by atoms with Gasteiger partial charge < -0.3 is 19.8 Å². The number of benzene rings is 2. The molecule has 25 heavy (non-hydrogen) atoms. The molecule has 5 nitrogen and oxygen atoms in total. The van der Waals surface area contributed by atoms with Gasteiger partial charge in [-0.2, -0.15) is 0 Å². The van der Waals surface area contributed by atoms with Crippen LogP contribution in [0.2, 0.25) is 0 Å². The molecule has 0 bridgehead atoms. The second-order valence-corrected chi connectivity index (χ2v) is 7.05. The quantitative estimate of drug-likeness (QED) is 0.654. The molecule has 3 aromatic rings. The number of carboxylic acid groups (broad SMARTS) is 2. The van der Waals surface area contributed by atoms with Crippen LogP contribution in [-0.2, 0) is 9.59 Å². The first kappa shape index (κ1) is 17.1. The molecule has 0 N–H and O–H groups in total. The zero-order valence-corrected chi connectivity index (χ0v) is 14.4. The van der Waals surface area contributed by atoms with Crippen LogP contribution in [0, 0.1) is 0 Å². The summed E-state index contributed by atoms with van der Waals surface area (Å²) in [5, 5.41) is 23.5. The standard InChI is InChI=1S/C19H16O5S/c1-9(18(21)22)11-7-13(10(2)19(23)24)17-14(8-11)16(20)12-5-3-4-6-15(12)25-17/h3-10H,1-2H3,(H,21,22)(H,23,24)/p-2. The molecule has 0 aliphatic heterocycles. The van der Waals surface area contributed by atoms with Gasteiger partial charge in [0.2, 0.25) is 0 Å². The molecule has 3 rings (SSSR count). The Labute approximate surface area is 147 Å². The maximum absolute atomic E-state index is 12.9. The Balaban J connectivity index is 2.46. The van der Waals surface area contributed by atoms with E-state index in [4.69, 9.17) is 0 Å². The fraction of sp³-hybridized carbons (Fsp3) is 0.211. The first-order valence-electron chi connectivity index (χ1n) is 7.72. The molecule has 2 unspecified atom stereocenters. The highest BCUT2D eigenvalue weighted by Gasteiger charge is 2.18. The Morgan fingerprint density at radius 1 is 0.960 bits per heavy atom. The van der Waals surface area contributed by atoms with E-state index in [1.54, 1.807) is 24.3 Å². The van der Waals surface area contributed by atoms with Gasteiger partial charge in [-0.1, -0.05) is 32.0 Å². The lowest BCUT2D eigenvalue weighted by Crippen LogP contribution is -2.29. The van der Waals surface area contributed by atoms with Gasteiger partial charge >= 0.3 is 0 Å². The number of hydrogen-bond donors (Lipinski definition) is 0. The van der Waals surface area contributed by atoms with Crippen molar-refractivity contribution in [2.45, 2.75) is 25.7 Å². The smallest absolute Gasteiger partial charge is 0.195 e. The second kappa shape index (κ2) is 6.29. The fourth-order valence-corrected chi connectivity index (χ4v) is 4.04. The summed E-state index contributed by atoms with van der Waals surface area (Å²) in [4.78, 5) is 35.5. The lowest BCUT2D eigenvalue weighted by atomic mass is 9.92. The van der Waals surface area contributed by atoms with E-state index < -0.39 is 23.8 Å². The van der Waals surface area contributed by atoms with E-state index in [1.165, 1.54) is 37.3 Å². The summed E-state index contributed by atoms with van der Waals surface area (Å²) >= 11 is 1.31. The third-order valence-corrected chi connectivity index (χ3v) is 5.64. The zero-order valence-electron chi connectivity index (χ0n) is 13.6. The highest BCUT2D eigenvalue weighted by molar-refractivity contribution is 7.24. The van der Waals surface area contributed by atoms with E-state index in [1.807, 2.05) is 0 Å². The van der Waals surface area contributed by atoms with E-state index in [0.717, 1.165) is 4.70 Å². The summed E-state index contributed by atoms with van der Waals surface area (Å²) in [6.07, 6.45) is 0.